The first-order chi connectivity index (χ1) is 20.1. The van der Waals surface area contributed by atoms with Gasteiger partial charge in [0.15, 0.2) is 6.29 Å². The Kier molecular flexibility index (Phi) is 7.79. The number of rotatable bonds is 4. The van der Waals surface area contributed by atoms with E-state index in [0.717, 1.165) is 51.4 Å². The molecule has 1 saturated heterocycles. The van der Waals surface area contributed by atoms with Crippen molar-refractivity contribution in [2.75, 3.05) is 13.2 Å². The Morgan fingerprint density at radius 3 is 2.35 bits per heavy atom. The highest BCUT2D eigenvalue weighted by Crippen LogP contribution is 2.76. The Labute approximate surface area is 257 Å². The number of ether oxygens (including phenoxy) is 2. The summed E-state index contributed by atoms with van der Waals surface area (Å²) in [6, 6.07) is 0. The van der Waals surface area contributed by atoms with Crippen LogP contribution in [0.4, 0.5) is 0 Å². The van der Waals surface area contributed by atoms with Crippen molar-refractivity contribution in [3.05, 3.63) is 11.6 Å². The molecule has 5 N–H and O–H groups in total. The van der Waals surface area contributed by atoms with Crippen LogP contribution in [0.1, 0.15) is 99.3 Å². The second kappa shape index (κ2) is 10.5. The van der Waals surface area contributed by atoms with Gasteiger partial charge in [-0.25, -0.2) is 0 Å². The Hall–Kier alpha value is -1.03. The molecule has 0 aromatic heterocycles. The molecule has 15 atom stereocenters. The van der Waals surface area contributed by atoms with E-state index < -0.39 is 41.4 Å². The van der Waals surface area contributed by atoms with Crippen molar-refractivity contribution >= 4 is 5.97 Å². The number of hydrogen-bond donors (Lipinski definition) is 5. The molecule has 1 aliphatic heterocycles. The van der Waals surface area contributed by atoms with Gasteiger partial charge < -0.3 is 35.0 Å². The number of fused-ring (bicyclic) bond motifs is 7. The summed E-state index contributed by atoms with van der Waals surface area (Å²) in [5.41, 5.74) is 0.0965. The van der Waals surface area contributed by atoms with E-state index in [4.69, 9.17) is 9.47 Å². The van der Waals surface area contributed by atoms with E-state index in [1.807, 2.05) is 0 Å². The lowest BCUT2D eigenvalue weighted by Crippen LogP contribution is -2.67. The topological polar surface area (TPSA) is 137 Å². The van der Waals surface area contributed by atoms with Crippen molar-refractivity contribution < 1.29 is 39.8 Å². The zero-order chi connectivity index (χ0) is 31.3. The van der Waals surface area contributed by atoms with Crippen molar-refractivity contribution in [3.8, 4) is 0 Å². The van der Waals surface area contributed by atoms with Crippen LogP contribution in [0, 0.1) is 56.7 Å². The van der Waals surface area contributed by atoms with Crippen LogP contribution in [0.5, 0.6) is 0 Å². The van der Waals surface area contributed by atoms with Crippen molar-refractivity contribution in [1.29, 1.82) is 0 Å². The minimum atomic E-state index is -1.36. The molecule has 0 amide bonds. The lowest BCUT2D eigenvalue weighted by Gasteiger charge is -2.71. The molecule has 244 valence electrons. The van der Waals surface area contributed by atoms with Gasteiger partial charge in [-0.1, -0.05) is 53.2 Å². The summed E-state index contributed by atoms with van der Waals surface area (Å²) in [6.07, 6.45) is 5.14. The van der Waals surface area contributed by atoms with E-state index in [1.165, 1.54) is 5.57 Å². The molecule has 0 bridgehead atoms. The number of aliphatic carboxylic acids is 1. The van der Waals surface area contributed by atoms with Crippen molar-refractivity contribution in [2.24, 2.45) is 56.7 Å². The van der Waals surface area contributed by atoms with Crippen LogP contribution in [-0.4, -0.2) is 75.4 Å². The monoisotopic (exact) mass is 604 g/mol. The fourth-order valence-electron chi connectivity index (χ4n) is 12.1. The van der Waals surface area contributed by atoms with Crippen molar-refractivity contribution in [3.63, 3.8) is 0 Å². The van der Waals surface area contributed by atoms with Crippen molar-refractivity contribution in [1.82, 2.24) is 0 Å². The van der Waals surface area contributed by atoms with Gasteiger partial charge in [0, 0.05) is 5.41 Å². The molecule has 0 unspecified atom stereocenters. The average Bonchev–Trinajstić information content (AvgIpc) is 2.96. The minimum Gasteiger partial charge on any atom is -0.481 e. The number of carboxylic acid groups (broad SMARTS) is 1. The van der Waals surface area contributed by atoms with E-state index in [2.05, 4.69) is 47.6 Å². The third kappa shape index (κ3) is 4.18. The van der Waals surface area contributed by atoms with Gasteiger partial charge in [-0.2, -0.15) is 0 Å². The zero-order valence-electron chi connectivity index (χ0n) is 27.1. The first kappa shape index (κ1) is 31.9. The summed E-state index contributed by atoms with van der Waals surface area (Å²) in [6.45, 7) is 13.9. The lowest BCUT2D eigenvalue weighted by atomic mass is 9.33. The highest BCUT2D eigenvalue weighted by atomic mass is 16.7. The Morgan fingerprint density at radius 1 is 0.953 bits per heavy atom. The van der Waals surface area contributed by atoms with E-state index in [1.54, 1.807) is 0 Å². The van der Waals surface area contributed by atoms with Crippen LogP contribution < -0.4 is 0 Å². The molecule has 5 aliphatic carbocycles. The number of hydrogen-bond acceptors (Lipinski definition) is 7. The van der Waals surface area contributed by atoms with Crippen LogP contribution in [0.3, 0.4) is 0 Å². The molecule has 6 rings (SSSR count). The Balaban J connectivity index is 1.33. The molecule has 8 heteroatoms. The van der Waals surface area contributed by atoms with E-state index in [-0.39, 0.29) is 47.4 Å². The number of carbonyl (C=O) groups is 1. The van der Waals surface area contributed by atoms with Crippen LogP contribution in [0.2, 0.25) is 0 Å². The molecule has 5 fully saturated rings. The molecule has 0 spiro atoms. The Bertz CT molecular complexity index is 1140. The molecule has 8 nitrogen and oxygen atoms in total. The summed E-state index contributed by atoms with van der Waals surface area (Å²) in [5, 5.41) is 52.4. The summed E-state index contributed by atoms with van der Waals surface area (Å²) >= 11 is 0. The number of aliphatic hydroxyl groups excluding tert-OH is 4. The standard InChI is InChI=1S/C35H56O8/c1-19-9-14-35(30(40)41)16-15-33(5)21(26(35)20(19)2)7-8-24-31(3)12-11-25(43-29-28(39)27(38)22(37)17-42-29)32(4,18-36)23(31)10-13-34(24,33)6/h7,19-20,22-29,36-39H,8-18H2,1-6H3,(H,40,41)/t19-,20+,22+,23-,24-,25+,26+,27+,28-,29+,31+,32-,33-,34-,35+/m1/s1. The number of aliphatic hydroxyl groups is 4. The van der Waals surface area contributed by atoms with Gasteiger partial charge in [0.2, 0.25) is 0 Å². The molecule has 6 aliphatic rings. The molecule has 1 heterocycles. The van der Waals surface area contributed by atoms with Gasteiger partial charge in [-0.15, -0.1) is 0 Å². The molecule has 4 saturated carbocycles. The summed E-state index contributed by atoms with van der Waals surface area (Å²) in [5.74, 6) is 0.904. The summed E-state index contributed by atoms with van der Waals surface area (Å²) in [7, 11) is 0. The van der Waals surface area contributed by atoms with Gasteiger partial charge in [-0.3, -0.25) is 4.79 Å². The third-order valence-electron chi connectivity index (χ3n) is 15.3. The van der Waals surface area contributed by atoms with Crippen LogP contribution >= 0.6 is 0 Å². The zero-order valence-corrected chi connectivity index (χ0v) is 27.1. The fraction of sp³-hybridized carbons (Fsp3) is 0.914. The van der Waals surface area contributed by atoms with E-state index >= 15 is 0 Å². The summed E-state index contributed by atoms with van der Waals surface area (Å²) < 4.78 is 12.0. The number of allylic oxidation sites excluding steroid dienone is 2. The molecule has 43 heavy (non-hydrogen) atoms. The maximum atomic E-state index is 13.0. The molecule has 0 radical (unpaired) electrons. The van der Waals surface area contributed by atoms with Gasteiger partial charge in [0.25, 0.3) is 0 Å². The van der Waals surface area contributed by atoms with Gasteiger partial charge in [0.1, 0.15) is 18.3 Å². The second-order valence-corrected chi connectivity index (χ2v) is 16.7. The molecular formula is C35H56O8. The SMILES string of the molecule is C[C@H]1[C@H](C)CC[C@]2(C(=O)O)CC[C@]3(C)C(=CC[C@@H]4[C@@]5(C)CC[C@H](O[C@@H]6OC[C@H](O)[C@H](O)[C@H]6O)[C@](C)(CO)[C@@H]5CC[C@]43C)[C@H]12. The van der Waals surface area contributed by atoms with E-state index in [9.17, 15) is 30.3 Å². The summed E-state index contributed by atoms with van der Waals surface area (Å²) in [4.78, 5) is 13.0. The first-order valence-corrected chi connectivity index (χ1v) is 17.0. The molecular weight excluding hydrogens is 548 g/mol. The van der Waals surface area contributed by atoms with Crippen molar-refractivity contribution in [2.45, 2.75) is 130 Å². The van der Waals surface area contributed by atoms with Gasteiger partial charge >= 0.3 is 5.97 Å². The lowest BCUT2D eigenvalue weighted by molar-refractivity contribution is -0.312. The Morgan fingerprint density at radius 2 is 1.67 bits per heavy atom. The van der Waals surface area contributed by atoms with Gasteiger partial charge in [-0.05, 0) is 104 Å². The smallest absolute Gasteiger partial charge is 0.310 e. The second-order valence-electron chi connectivity index (χ2n) is 16.7. The van der Waals surface area contributed by atoms with Crippen LogP contribution in [0.25, 0.3) is 0 Å². The molecule has 0 aromatic carbocycles. The number of carboxylic acids is 1. The largest absolute Gasteiger partial charge is 0.481 e. The minimum absolute atomic E-state index is 0.0143. The first-order valence-electron chi connectivity index (χ1n) is 17.0. The fourth-order valence-corrected chi connectivity index (χ4v) is 12.1. The highest BCUT2D eigenvalue weighted by molar-refractivity contribution is 5.76. The quantitative estimate of drug-likeness (QED) is 0.233. The molecule has 0 aromatic rings. The maximum absolute atomic E-state index is 13.0. The predicted molar refractivity (Wildman–Crippen MR) is 161 cm³/mol. The highest BCUT2D eigenvalue weighted by Gasteiger charge is 2.70. The van der Waals surface area contributed by atoms with Crippen LogP contribution in [-0.2, 0) is 14.3 Å². The van der Waals surface area contributed by atoms with Crippen LogP contribution in [0.15, 0.2) is 11.6 Å². The average molecular weight is 605 g/mol. The van der Waals surface area contributed by atoms with Gasteiger partial charge in [0.05, 0.1) is 24.7 Å². The maximum Gasteiger partial charge on any atom is 0.310 e. The normalized spacial score (nSPS) is 56.6. The van der Waals surface area contributed by atoms with E-state index in [0.29, 0.717) is 24.2 Å². The third-order valence-corrected chi connectivity index (χ3v) is 15.3. The predicted octanol–water partition coefficient (Wildman–Crippen LogP) is 4.53.